The van der Waals surface area contributed by atoms with E-state index in [4.69, 9.17) is 34.8 Å². The van der Waals surface area contributed by atoms with Crippen LogP contribution in [-0.2, 0) is 26.2 Å². The summed E-state index contributed by atoms with van der Waals surface area (Å²) in [6.45, 7) is 6.68. The molecule has 3 aromatic carbocycles. The lowest BCUT2D eigenvalue weighted by Crippen LogP contribution is -2.52. The van der Waals surface area contributed by atoms with E-state index in [2.05, 4.69) is 5.32 Å². The molecular weight excluding hydrogens is 593 g/mol. The number of nitrogens with one attached hydrogen (secondary N) is 1. The highest BCUT2D eigenvalue weighted by Crippen LogP contribution is 2.28. The fourth-order valence-corrected chi connectivity index (χ4v) is 5.79. The first kappa shape index (κ1) is 31.7. The summed E-state index contributed by atoms with van der Waals surface area (Å²) in [5.41, 5.74) is 1.73. The molecule has 214 valence electrons. The number of rotatable bonds is 11. The van der Waals surface area contributed by atoms with Crippen molar-refractivity contribution in [3.63, 3.8) is 0 Å². The van der Waals surface area contributed by atoms with Crippen LogP contribution in [0.25, 0.3) is 0 Å². The number of amides is 2. The summed E-state index contributed by atoms with van der Waals surface area (Å²) < 4.78 is 28.7. The van der Waals surface area contributed by atoms with Gasteiger partial charge >= 0.3 is 0 Å². The highest BCUT2D eigenvalue weighted by Gasteiger charge is 2.33. The molecule has 0 radical (unpaired) electrons. The van der Waals surface area contributed by atoms with Gasteiger partial charge in [-0.1, -0.05) is 71.6 Å². The van der Waals surface area contributed by atoms with Crippen LogP contribution >= 0.6 is 34.8 Å². The van der Waals surface area contributed by atoms with Gasteiger partial charge in [-0.15, -0.1) is 0 Å². The van der Waals surface area contributed by atoms with E-state index in [1.54, 1.807) is 55.5 Å². The van der Waals surface area contributed by atoms with Crippen molar-refractivity contribution >= 4 is 62.3 Å². The van der Waals surface area contributed by atoms with Crippen LogP contribution in [-0.4, -0.2) is 43.8 Å². The molecule has 40 heavy (non-hydrogen) atoms. The molecule has 1 N–H and O–H groups in total. The normalized spacial score (nSPS) is 12.9. The second kappa shape index (κ2) is 13.7. The van der Waals surface area contributed by atoms with Crippen molar-refractivity contribution in [1.29, 1.82) is 0 Å². The SMILES string of the molecule is CC[C@H](C)NC(=O)[C@H](C)N(Cc1ccc(Cl)c(Cl)c1)C(=O)CN(c1cccc(Cl)c1)S(=O)(=O)c1ccc(C)cc1. The number of sulfonamides is 1. The summed E-state index contributed by atoms with van der Waals surface area (Å²) in [5.74, 6) is -0.952. The Kier molecular flexibility index (Phi) is 10.9. The minimum absolute atomic E-state index is 0.00121. The number of carbonyl (C=O) groups excluding carboxylic acids is 2. The summed E-state index contributed by atoms with van der Waals surface area (Å²) >= 11 is 18.5. The zero-order valence-electron chi connectivity index (χ0n) is 22.7. The zero-order chi connectivity index (χ0) is 29.6. The number of hydrogen-bond donors (Lipinski definition) is 1. The molecule has 2 amide bonds. The zero-order valence-corrected chi connectivity index (χ0v) is 25.8. The van der Waals surface area contributed by atoms with Crippen molar-refractivity contribution in [2.45, 2.75) is 57.6 Å². The molecule has 0 heterocycles. The first-order valence-corrected chi connectivity index (χ1v) is 15.3. The molecule has 3 aromatic rings. The van der Waals surface area contributed by atoms with Gasteiger partial charge < -0.3 is 10.2 Å². The average Bonchev–Trinajstić information content (AvgIpc) is 2.91. The summed E-state index contributed by atoms with van der Waals surface area (Å²) in [5, 5.41) is 3.85. The molecule has 0 aliphatic carbocycles. The van der Waals surface area contributed by atoms with E-state index < -0.39 is 28.5 Å². The number of anilines is 1. The van der Waals surface area contributed by atoms with Gasteiger partial charge in [-0.3, -0.25) is 13.9 Å². The van der Waals surface area contributed by atoms with Crippen LogP contribution in [0.4, 0.5) is 5.69 Å². The molecule has 3 rings (SSSR count). The summed E-state index contributed by atoms with van der Waals surface area (Å²) in [6, 6.07) is 16.5. The first-order valence-electron chi connectivity index (χ1n) is 12.7. The molecule has 0 fully saturated rings. The molecule has 0 bridgehead atoms. The Morgan fingerprint density at radius 1 is 0.925 bits per heavy atom. The van der Waals surface area contributed by atoms with Crippen LogP contribution in [0.1, 0.15) is 38.3 Å². The van der Waals surface area contributed by atoms with Gasteiger partial charge in [0.1, 0.15) is 12.6 Å². The number of benzene rings is 3. The lowest BCUT2D eigenvalue weighted by Gasteiger charge is -2.32. The molecular formula is C29H32Cl3N3O4S. The third-order valence-corrected chi connectivity index (χ3v) is 9.25. The molecule has 0 aromatic heterocycles. The van der Waals surface area contributed by atoms with Crippen molar-refractivity contribution in [1.82, 2.24) is 10.2 Å². The molecule has 0 aliphatic heterocycles. The van der Waals surface area contributed by atoms with Crippen LogP contribution in [0.2, 0.25) is 15.1 Å². The Labute approximate surface area is 251 Å². The molecule has 0 spiro atoms. The molecule has 0 unspecified atom stereocenters. The fraction of sp³-hybridized carbons (Fsp3) is 0.310. The quantitative estimate of drug-likeness (QED) is 0.265. The molecule has 7 nitrogen and oxygen atoms in total. The minimum Gasteiger partial charge on any atom is -0.352 e. The third-order valence-electron chi connectivity index (χ3n) is 6.49. The molecule has 2 atom stereocenters. The first-order chi connectivity index (χ1) is 18.8. The maximum atomic E-state index is 13.9. The van der Waals surface area contributed by atoms with Gasteiger partial charge in [-0.05, 0) is 75.2 Å². The standard InChI is InChI=1S/C29H32Cl3N3O4S/c1-5-20(3)33-29(37)21(4)34(17-22-11-14-26(31)27(32)15-22)28(36)18-35(24-8-6-7-23(30)16-24)40(38,39)25-12-9-19(2)10-13-25/h6-16,20-21H,5,17-18H2,1-4H3,(H,33,37)/t20-,21-/m0/s1. The maximum absolute atomic E-state index is 13.9. The van der Waals surface area contributed by atoms with Gasteiger partial charge in [0, 0.05) is 17.6 Å². The van der Waals surface area contributed by atoms with Gasteiger partial charge in [0.15, 0.2) is 0 Å². The van der Waals surface area contributed by atoms with Crippen molar-refractivity contribution in [2.24, 2.45) is 0 Å². The fourth-order valence-electron chi connectivity index (χ4n) is 3.88. The number of carbonyl (C=O) groups is 2. The van der Waals surface area contributed by atoms with Crippen LogP contribution in [0.5, 0.6) is 0 Å². The maximum Gasteiger partial charge on any atom is 0.264 e. The summed E-state index contributed by atoms with van der Waals surface area (Å²) in [4.78, 5) is 28.4. The van der Waals surface area contributed by atoms with E-state index in [0.717, 1.165) is 9.87 Å². The van der Waals surface area contributed by atoms with Crippen LogP contribution < -0.4 is 9.62 Å². The van der Waals surface area contributed by atoms with Gasteiger partial charge in [0.25, 0.3) is 10.0 Å². The van der Waals surface area contributed by atoms with Crippen molar-refractivity contribution in [2.75, 3.05) is 10.8 Å². The molecule has 11 heteroatoms. The Morgan fingerprint density at radius 2 is 1.60 bits per heavy atom. The van der Waals surface area contributed by atoms with Crippen molar-refractivity contribution < 1.29 is 18.0 Å². The highest BCUT2D eigenvalue weighted by atomic mass is 35.5. The Morgan fingerprint density at radius 3 is 2.20 bits per heavy atom. The molecule has 0 saturated heterocycles. The smallest absolute Gasteiger partial charge is 0.264 e. The number of aryl methyl sites for hydroxylation is 1. The Hall–Kier alpha value is -2.78. The highest BCUT2D eigenvalue weighted by molar-refractivity contribution is 7.92. The topological polar surface area (TPSA) is 86.8 Å². The monoisotopic (exact) mass is 623 g/mol. The second-order valence-electron chi connectivity index (χ2n) is 9.57. The van der Waals surface area contributed by atoms with Gasteiger partial charge in [0.2, 0.25) is 11.8 Å². The number of halogens is 3. The van der Waals surface area contributed by atoms with Gasteiger partial charge in [-0.25, -0.2) is 8.42 Å². The summed E-state index contributed by atoms with van der Waals surface area (Å²) in [6.07, 6.45) is 0.705. The van der Waals surface area contributed by atoms with E-state index in [1.807, 2.05) is 20.8 Å². The van der Waals surface area contributed by atoms with Crippen LogP contribution in [0.15, 0.2) is 71.6 Å². The van der Waals surface area contributed by atoms with E-state index in [-0.39, 0.29) is 29.1 Å². The molecule has 0 saturated carbocycles. The van der Waals surface area contributed by atoms with Crippen molar-refractivity contribution in [3.05, 3.63) is 92.9 Å². The predicted molar refractivity (Wildman–Crippen MR) is 162 cm³/mol. The average molecular weight is 625 g/mol. The van der Waals surface area contributed by atoms with E-state index in [1.165, 1.54) is 23.1 Å². The van der Waals surface area contributed by atoms with E-state index in [9.17, 15) is 18.0 Å². The van der Waals surface area contributed by atoms with Gasteiger partial charge in [-0.2, -0.15) is 0 Å². The van der Waals surface area contributed by atoms with Crippen LogP contribution in [0, 0.1) is 6.92 Å². The Bertz CT molecular complexity index is 1470. The number of hydrogen-bond acceptors (Lipinski definition) is 4. The lowest BCUT2D eigenvalue weighted by molar-refractivity contribution is -0.139. The van der Waals surface area contributed by atoms with E-state index >= 15 is 0 Å². The van der Waals surface area contributed by atoms with E-state index in [0.29, 0.717) is 27.1 Å². The van der Waals surface area contributed by atoms with Crippen molar-refractivity contribution in [3.8, 4) is 0 Å². The minimum atomic E-state index is -4.18. The summed E-state index contributed by atoms with van der Waals surface area (Å²) in [7, 11) is -4.18. The largest absolute Gasteiger partial charge is 0.352 e. The van der Waals surface area contributed by atoms with Crippen LogP contribution in [0.3, 0.4) is 0 Å². The molecule has 0 aliphatic rings. The lowest BCUT2D eigenvalue weighted by atomic mass is 10.1. The third kappa shape index (κ3) is 7.91. The predicted octanol–water partition coefficient (Wildman–Crippen LogP) is 6.48. The second-order valence-corrected chi connectivity index (χ2v) is 12.7. The Balaban J connectivity index is 2.04. The van der Waals surface area contributed by atoms with Gasteiger partial charge in [0.05, 0.1) is 20.6 Å². The number of nitrogens with zero attached hydrogens (tertiary/aromatic N) is 2.